The van der Waals surface area contributed by atoms with Gasteiger partial charge >= 0.3 is 0 Å². The summed E-state index contributed by atoms with van der Waals surface area (Å²) in [5.74, 6) is 0.191. The van der Waals surface area contributed by atoms with Crippen molar-refractivity contribution < 1.29 is 9.21 Å². The number of hydrogen-bond donors (Lipinski definition) is 1. The Bertz CT molecular complexity index is 1130. The summed E-state index contributed by atoms with van der Waals surface area (Å²) in [5, 5.41) is 7.09. The number of amides is 1. The highest BCUT2D eigenvalue weighted by molar-refractivity contribution is 6.03. The van der Waals surface area contributed by atoms with E-state index in [1.807, 2.05) is 30.3 Å². The largest absolute Gasteiger partial charge is 0.467 e. The highest BCUT2D eigenvalue weighted by atomic mass is 16.3. The zero-order chi connectivity index (χ0) is 18.1. The summed E-state index contributed by atoms with van der Waals surface area (Å²) in [6.07, 6.45) is 2.91. The summed E-state index contributed by atoms with van der Waals surface area (Å²) in [6, 6.07) is 12.7. The third-order valence-electron chi connectivity index (χ3n) is 3.96. The van der Waals surface area contributed by atoms with Gasteiger partial charge in [0.1, 0.15) is 11.3 Å². The lowest BCUT2D eigenvalue weighted by Gasteiger charge is -2.02. The van der Waals surface area contributed by atoms with E-state index < -0.39 is 5.91 Å². The van der Waals surface area contributed by atoms with Crippen LogP contribution in [0.2, 0.25) is 0 Å². The summed E-state index contributed by atoms with van der Waals surface area (Å²) in [7, 11) is 1.60. The Labute approximate surface area is 147 Å². The minimum Gasteiger partial charge on any atom is -0.467 e. The van der Waals surface area contributed by atoms with E-state index >= 15 is 0 Å². The Kier molecular flexibility index (Phi) is 3.85. The first-order chi connectivity index (χ1) is 12.6. The number of nitrogens with zero attached hydrogens (tertiary/aromatic N) is 4. The molecular formula is C18H15N5O3. The molecule has 0 saturated carbocycles. The van der Waals surface area contributed by atoms with E-state index in [2.05, 4.69) is 15.4 Å². The van der Waals surface area contributed by atoms with E-state index in [0.29, 0.717) is 11.4 Å². The van der Waals surface area contributed by atoms with Crippen LogP contribution in [0.4, 0.5) is 0 Å². The number of rotatable bonds is 4. The molecule has 8 heteroatoms. The highest BCUT2D eigenvalue weighted by Crippen LogP contribution is 2.17. The molecule has 0 saturated heterocycles. The maximum atomic E-state index is 12.6. The van der Waals surface area contributed by atoms with Gasteiger partial charge in [-0.05, 0) is 24.3 Å². The molecular weight excluding hydrogens is 334 g/mol. The van der Waals surface area contributed by atoms with Gasteiger partial charge in [-0.1, -0.05) is 18.2 Å². The second-order valence-corrected chi connectivity index (χ2v) is 5.72. The number of hydrogen-bond acceptors (Lipinski definition) is 5. The maximum Gasteiger partial charge on any atom is 0.279 e. The zero-order valence-electron chi connectivity index (χ0n) is 13.9. The molecule has 3 aromatic heterocycles. The normalized spacial score (nSPS) is 11.0. The van der Waals surface area contributed by atoms with Crippen molar-refractivity contribution in [1.29, 1.82) is 0 Å². The highest BCUT2D eigenvalue weighted by Gasteiger charge is 2.22. The lowest BCUT2D eigenvalue weighted by atomic mass is 10.3. The predicted octanol–water partition coefficient (Wildman–Crippen LogP) is 1.64. The third kappa shape index (κ3) is 2.67. The number of aryl methyl sites for hydroxylation is 1. The summed E-state index contributed by atoms with van der Waals surface area (Å²) >= 11 is 0. The lowest BCUT2D eigenvalue weighted by Crippen LogP contribution is -2.23. The lowest BCUT2D eigenvalue weighted by molar-refractivity contribution is 0.0944. The number of benzene rings is 1. The van der Waals surface area contributed by atoms with Crippen LogP contribution in [0.25, 0.3) is 16.7 Å². The molecule has 0 aliphatic heterocycles. The van der Waals surface area contributed by atoms with Crippen LogP contribution in [0.15, 0.2) is 64.3 Å². The van der Waals surface area contributed by atoms with E-state index in [-0.39, 0.29) is 28.8 Å². The second kappa shape index (κ2) is 6.32. The van der Waals surface area contributed by atoms with Gasteiger partial charge in [-0.25, -0.2) is 9.67 Å². The van der Waals surface area contributed by atoms with E-state index in [9.17, 15) is 9.59 Å². The van der Waals surface area contributed by atoms with Gasteiger partial charge in [0.25, 0.3) is 11.5 Å². The van der Waals surface area contributed by atoms with Crippen molar-refractivity contribution in [2.45, 2.75) is 6.54 Å². The molecule has 26 heavy (non-hydrogen) atoms. The van der Waals surface area contributed by atoms with E-state index in [4.69, 9.17) is 4.42 Å². The summed E-state index contributed by atoms with van der Waals surface area (Å²) in [6.45, 7) is 0.219. The van der Waals surface area contributed by atoms with E-state index in [0.717, 1.165) is 0 Å². The molecule has 0 atom stereocenters. The first-order valence-electron chi connectivity index (χ1n) is 7.95. The molecule has 4 rings (SSSR count). The Hall–Kier alpha value is -3.68. The molecule has 0 fully saturated rings. The summed E-state index contributed by atoms with van der Waals surface area (Å²) in [4.78, 5) is 29.5. The fraction of sp³-hybridized carbons (Fsp3) is 0.111. The summed E-state index contributed by atoms with van der Waals surface area (Å²) < 4.78 is 8.01. The van der Waals surface area contributed by atoms with Crippen LogP contribution >= 0.6 is 0 Å². The first-order valence-corrected chi connectivity index (χ1v) is 7.95. The van der Waals surface area contributed by atoms with Gasteiger partial charge in [-0.15, -0.1) is 0 Å². The molecule has 4 aromatic rings. The van der Waals surface area contributed by atoms with Gasteiger partial charge in [-0.3, -0.25) is 9.59 Å². The van der Waals surface area contributed by atoms with Crippen LogP contribution in [0, 0.1) is 0 Å². The van der Waals surface area contributed by atoms with Gasteiger partial charge in [0.2, 0.25) is 0 Å². The number of nitrogens with one attached hydrogen (secondary N) is 1. The molecule has 0 unspecified atom stereocenters. The van der Waals surface area contributed by atoms with Crippen LogP contribution < -0.4 is 10.9 Å². The van der Waals surface area contributed by atoms with Crippen molar-refractivity contribution in [3.63, 3.8) is 0 Å². The van der Waals surface area contributed by atoms with Gasteiger partial charge in [-0.2, -0.15) is 5.10 Å². The molecule has 3 heterocycles. The van der Waals surface area contributed by atoms with Crippen LogP contribution in [0.3, 0.4) is 0 Å². The van der Waals surface area contributed by atoms with Crippen molar-refractivity contribution in [3.8, 4) is 5.69 Å². The summed E-state index contributed by atoms with van der Waals surface area (Å²) in [5.41, 5.74) is 0.996. The Morgan fingerprint density at radius 1 is 1.19 bits per heavy atom. The van der Waals surface area contributed by atoms with Gasteiger partial charge in [0.15, 0.2) is 11.2 Å². The number of fused-ring (bicyclic) bond motifs is 1. The standard InChI is InChI=1S/C18H15N5O3/c1-22-11-20-14-15(17(24)19-10-13-8-5-9-26-13)21-23(16(14)18(22)25)12-6-3-2-4-7-12/h2-9,11H,10H2,1H3,(H,19,24). The number of para-hydroxylation sites is 1. The molecule has 1 aromatic carbocycles. The van der Waals surface area contributed by atoms with E-state index in [1.54, 1.807) is 19.2 Å². The average molecular weight is 349 g/mol. The first kappa shape index (κ1) is 15.8. The number of carbonyl (C=O) groups excluding carboxylic acids is 1. The minimum atomic E-state index is -0.429. The zero-order valence-corrected chi connectivity index (χ0v) is 13.9. The molecule has 1 amide bonds. The number of carbonyl (C=O) groups is 1. The Balaban J connectivity index is 1.81. The Morgan fingerprint density at radius 3 is 2.73 bits per heavy atom. The van der Waals surface area contributed by atoms with Crippen molar-refractivity contribution in [2.75, 3.05) is 0 Å². The second-order valence-electron chi connectivity index (χ2n) is 5.72. The monoisotopic (exact) mass is 349 g/mol. The molecule has 1 N–H and O–H groups in total. The minimum absolute atomic E-state index is 0.0908. The van der Waals surface area contributed by atoms with Crippen LogP contribution in [-0.2, 0) is 13.6 Å². The van der Waals surface area contributed by atoms with E-state index in [1.165, 1.54) is 21.8 Å². The molecule has 0 radical (unpaired) electrons. The fourth-order valence-electron chi connectivity index (χ4n) is 2.66. The molecule has 8 nitrogen and oxygen atoms in total. The van der Waals surface area contributed by atoms with Crippen LogP contribution in [0.1, 0.15) is 16.2 Å². The predicted molar refractivity (Wildman–Crippen MR) is 94.0 cm³/mol. The smallest absolute Gasteiger partial charge is 0.279 e. The fourth-order valence-corrected chi connectivity index (χ4v) is 2.66. The number of furan rings is 1. The van der Waals surface area contributed by atoms with Gasteiger partial charge in [0.05, 0.1) is 24.8 Å². The molecule has 0 aliphatic rings. The quantitative estimate of drug-likeness (QED) is 0.604. The van der Waals surface area contributed by atoms with Gasteiger partial charge in [0, 0.05) is 7.05 Å². The van der Waals surface area contributed by atoms with Crippen LogP contribution in [0.5, 0.6) is 0 Å². The molecule has 130 valence electrons. The molecule has 0 aliphatic carbocycles. The topological polar surface area (TPSA) is 94.9 Å². The SMILES string of the molecule is Cn1cnc2c(C(=O)NCc3ccco3)nn(-c3ccccc3)c2c1=O. The Morgan fingerprint density at radius 2 is 2.00 bits per heavy atom. The van der Waals surface area contributed by atoms with Crippen molar-refractivity contribution in [2.24, 2.45) is 7.05 Å². The van der Waals surface area contributed by atoms with Crippen molar-refractivity contribution >= 4 is 16.9 Å². The maximum absolute atomic E-state index is 12.6. The third-order valence-corrected chi connectivity index (χ3v) is 3.96. The average Bonchev–Trinajstić information content (AvgIpc) is 3.31. The van der Waals surface area contributed by atoms with Crippen LogP contribution in [-0.4, -0.2) is 25.2 Å². The van der Waals surface area contributed by atoms with Crippen molar-refractivity contribution in [3.05, 3.63) is 76.9 Å². The molecule has 0 bridgehead atoms. The van der Waals surface area contributed by atoms with Gasteiger partial charge < -0.3 is 14.3 Å². The number of aromatic nitrogens is 4. The van der Waals surface area contributed by atoms with Crippen molar-refractivity contribution in [1.82, 2.24) is 24.6 Å². The molecule has 0 spiro atoms.